The van der Waals surface area contributed by atoms with Gasteiger partial charge in [-0.3, -0.25) is 4.90 Å². The van der Waals surface area contributed by atoms with Gasteiger partial charge in [0.05, 0.1) is 13.2 Å². The minimum atomic E-state index is -0.540. The average Bonchev–Trinajstić information content (AvgIpc) is 2.96. The number of hydrogen-bond acceptors (Lipinski definition) is 6. The van der Waals surface area contributed by atoms with Gasteiger partial charge in [-0.05, 0) is 47.7 Å². The van der Waals surface area contributed by atoms with E-state index in [9.17, 15) is 9.59 Å². The SMILES string of the molecule is CCOC(=O)c1c(CN(C)C(C)CNC(=O)OC(C)(C)C)oc2ccccc12. The Kier molecular flexibility index (Phi) is 7.07. The number of furan rings is 1. The van der Waals surface area contributed by atoms with Crippen molar-refractivity contribution in [2.75, 3.05) is 20.2 Å². The highest BCUT2D eigenvalue weighted by atomic mass is 16.6. The maximum absolute atomic E-state index is 12.5. The molecule has 2 rings (SSSR count). The predicted octanol–water partition coefficient (Wildman–Crippen LogP) is 3.95. The molecular formula is C21H30N2O5. The van der Waals surface area contributed by atoms with E-state index in [1.54, 1.807) is 6.92 Å². The lowest BCUT2D eigenvalue weighted by Crippen LogP contribution is -2.41. The van der Waals surface area contributed by atoms with Crippen LogP contribution in [0.4, 0.5) is 4.79 Å². The molecule has 2 aromatic rings. The zero-order valence-corrected chi connectivity index (χ0v) is 17.5. The van der Waals surface area contributed by atoms with Crippen LogP contribution in [-0.2, 0) is 16.0 Å². The molecule has 0 fully saturated rings. The number of esters is 1. The lowest BCUT2D eigenvalue weighted by atomic mass is 10.1. The van der Waals surface area contributed by atoms with Gasteiger partial charge in [-0.1, -0.05) is 18.2 Å². The fraction of sp³-hybridized carbons (Fsp3) is 0.524. The third kappa shape index (κ3) is 5.73. The topological polar surface area (TPSA) is 81.0 Å². The third-order valence-electron chi connectivity index (χ3n) is 4.23. The number of nitrogens with one attached hydrogen (secondary N) is 1. The van der Waals surface area contributed by atoms with Crippen LogP contribution in [0.5, 0.6) is 0 Å². The van der Waals surface area contributed by atoms with E-state index in [0.29, 0.717) is 36.6 Å². The number of carbonyl (C=O) groups is 2. The third-order valence-corrected chi connectivity index (χ3v) is 4.23. The van der Waals surface area contributed by atoms with Crippen molar-refractivity contribution in [3.05, 3.63) is 35.6 Å². The van der Waals surface area contributed by atoms with Gasteiger partial charge in [0.15, 0.2) is 0 Å². The molecule has 1 aromatic heterocycles. The van der Waals surface area contributed by atoms with E-state index in [4.69, 9.17) is 13.9 Å². The van der Waals surface area contributed by atoms with Crippen molar-refractivity contribution in [1.82, 2.24) is 10.2 Å². The lowest BCUT2D eigenvalue weighted by molar-refractivity contribution is 0.0511. The van der Waals surface area contributed by atoms with Crippen LogP contribution in [0.1, 0.15) is 50.7 Å². The van der Waals surface area contributed by atoms with Gasteiger partial charge in [-0.2, -0.15) is 0 Å². The summed E-state index contributed by atoms with van der Waals surface area (Å²) in [7, 11) is 1.91. The van der Waals surface area contributed by atoms with Gasteiger partial charge in [0.1, 0.15) is 22.5 Å². The first kappa shape index (κ1) is 21.8. The second kappa shape index (κ2) is 9.10. The number of fused-ring (bicyclic) bond motifs is 1. The fourth-order valence-corrected chi connectivity index (χ4v) is 2.72. The van der Waals surface area contributed by atoms with Gasteiger partial charge in [0, 0.05) is 18.0 Å². The summed E-state index contributed by atoms with van der Waals surface area (Å²) in [5.74, 6) is 0.154. The molecule has 0 spiro atoms. The first-order valence-electron chi connectivity index (χ1n) is 9.47. The number of ether oxygens (including phenoxy) is 2. The first-order chi connectivity index (χ1) is 13.1. The number of carbonyl (C=O) groups excluding carboxylic acids is 2. The molecule has 7 heteroatoms. The molecule has 7 nitrogen and oxygen atoms in total. The average molecular weight is 390 g/mol. The molecule has 1 heterocycles. The monoisotopic (exact) mass is 390 g/mol. The number of para-hydroxylation sites is 1. The van der Waals surface area contributed by atoms with Gasteiger partial charge in [0.2, 0.25) is 0 Å². The van der Waals surface area contributed by atoms with Crippen LogP contribution in [0.15, 0.2) is 28.7 Å². The molecule has 0 saturated heterocycles. The van der Waals surface area contributed by atoms with E-state index in [2.05, 4.69) is 5.32 Å². The molecular weight excluding hydrogens is 360 g/mol. The Morgan fingerprint density at radius 3 is 2.57 bits per heavy atom. The molecule has 0 bridgehead atoms. The summed E-state index contributed by atoms with van der Waals surface area (Å²) < 4.78 is 16.4. The second-order valence-corrected chi connectivity index (χ2v) is 7.76. The maximum atomic E-state index is 12.5. The molecule has 0 aliphatic carbocycles. The Balaban J connectivity index is 2.09. The minimum Gasteiger partial charge on any atom is -0.462 e. The highest BCUT2D eigenvalue weighted by molar-refractivity contribution is 6.04. The van der Waals surface area contributed by atoms with Crippen molar-refractivity contribution in [2.24, 2.45) is 0 Å². The van der Waals surface area contributed by atoms with Crippen molar-refractivity contribution < 1.29 is 23.5 Å². The number of alkyl carbamates (subject to hydrolysis) is 1. The number of likely N-dealkylation sites (N-methyl/N-ethyl adjacent to an activating group) is 1. The molecule has 154 valence electrons. The predicted molar refractivity (Wildman–Crippen MR) is 107 cm³/mol. The summed E-state index contributed by atoms with van der Waals surface area (Å²) in [6.07, 6.45) is -0.455. The van der Waals surface area contributed by atoms with Crippen molar-refractivity contribution in [3.63, 3.8) is 0 Å². The Morgan fingerprint density at radius 1 is 1.25 bits per heavy atom. The first-order valence-corrected chi connectivity index (χ1v) is 9.47. The fourth-order valence-electron chi connectivity index (χ4n) is 2.72. The summed E-state index contributed by atoms with van der Waals surface area (Å²) in [6, 6.07) is 7.40. The number of rotatable bonds is 7. The lowest BCUT2D eigenvalue weighted by Gasteiger charge is -2.25. The quantitative estimate of drug-likeness (QED) is 0.721. The van der Waals surface area contributed by atoms with Crippen molar-refractivity contribution >= 4 is 23.0 Å². The van der Waals surface area contributed by atoms with Crippen molar-refractivity contribution in [3.8, 4) is 0 Å². The summed E-state index contributed by atoms with van der Waals surface area (Å²) in [5.41, 5.74) is 0.562. The van der Waals surface area contributed by atoms with Gasteiger partial charge < -0.3 is 19.2 Å². The minimum absolute atomic E-state index is 0.00391. The standard InChI is InChI=1S/C21H30N2O5/c1-7-26-19(24)18-15-10-8-9-11-16(15)27-17(18)13-23(6)14(2)12-22-20(25)28-21(3,4)5/h8-11,14H,7,12-13H2,1-6H3,(H,22,25). The number of amides is 1. The summed E-state index contributed by atoms with van der Waals surface area (Å²) in [4.78, 5) is 26.3. The van der Waals surface area contributed by atoms with Gasteiger partial charge in [-0.25, -0.2) is 9.59 Å². The maximum Gasteiger partial charge on any atom is 0.407 e. The zero-order valence-electron chi connectivity index (χ0n) is 17.5. The zero-order chi connectivity index (χ0) is 20.9. The Labute approximate surface area is 166 Å². The van der Waals surface area contributed by atoms with Crippen LogP contribution in [0.3, 0.4) is 0 Å². The van der Waals surface area contributed by atoms with E-state index in [1.165, 1.54) is 0 Å². The van der Waals surface area contributed by atoms with Crippen molar-refractivity contribution in [2.45, 2.75) is 52.8 Å². The van der Waals surface area contributed by atoms with Crippen molar-refractivity contribution in [1.29, 1.82) is 0 Å². The highest BCUT2D eigenvalue weighted by Crippen LogP contribution is 2.27. The summed E-state index contributed by atoms with van der Waals surface area (Å²) >= 11 is 0. The van der Waals surface area contributed by atoms with Gasteiger partial charge in [-0.15, -0.1) is 0 Å². The number of nitrogens with zero attached hydrogens (tertiary/aromatic N) is 1. The molecule has 0 saturated carbocycles. The van der Waals surface area contributed by atoms with Gasteiger partial charge >= 0.3 is 12.1 Å². The van der Waals surface area contributed by atoms with E-state index >= 15 is 0 Å². The number of benzene rings is 1. The van der Waals surface area contributed by atoms with Crippen LogP contribution in [0, 0.1) is 0 Å². The van der Waals surface area contributed by atoms with Crippen LogP contribution in [-0.4, -0.2) is 48.8 Å². The molecule has 0 radical (unpaired) electrons. The summed E-state index contributed by atoms with van der Waals surface area (Å²) in [5, 5.41) is 3.50. The molecule has 0 aliphatic rings. The van der Waals surface area contributed by atoms with E-state index in [-0.39, 0.29) is 6.04 Å². The second-order valence-electron chi connectivity index (χ2n) is 7.76. The molecule has 1 N–H and O–H groups in total. The van der Waals surface area contributed by atoms with E-state index < -0.39 is 17.7 Å². The van der Waals surface area contributed by atoms with Crippen LogP contribution in [0.25, 0.3) is 11.0 Å². The Bertz CT molecular complexity index is 822. The number of hydrogen-bond donors (Lipinski definition) is 1. The molecule has 1 amide bonds. The smallest absolute Gasteiger partial charge is 0.407 e. The van der Waals surface area contributed by atoms with E-state index in [0.717, 1.165) is 5.39 Å². The normalized spacial score (nSPS) is 12.8. The van der Waals surface area contributed by atoms with Crippen LogP contribution < -0.4 is 5.32 Å². The van der Waals surface area contributed by atoms with Gasteiger partial charge in [0.25, 0.3) is 0 Å². The molecule has 0 aliphatic heterocycles. The molecule has 1 unspecified atom stereocenters. The summed E-state index contributed by atoms with van der Waals surface area (Å²) in [6.45, 7) is 10.3. The molecule has 1 atom stereocenters. The largest absolute Gasteiger partial charge is 0.462 e. The molecule has 1 aromatic carbocycles. The van der Waals surface area contributed by atoms with E-state index in [1.807, 2.05) is 63.9 Å². The van der Waals surface area contributed by atoms with Crippen LogP contribution in [0.2, 0.25) is 0 Å². The highest BCUT2D eigenvalue weighted by Gasteiger charge is 2.24. The van der Waals surface area contributed by atoms with Crippen LogP contribution >= 0.6 is 0 Å². The Morgan fingerprint density at radius 2 is 1.93 bits per heavy atom. The Hall–Kier alpha value is -2.54. The molecule has 28 heavy (non-hydrogen) atoms.